The van der Waals surface area contributed by atoms with E-state index >= 15 is 0 Å². The number of hydrazone groups is 1. The number of nitrogens with zero attached hydrogens (tertiary/aromatic N) is 2. The number of hydrogen-bond acceptors (Lipinski definition) is 5. The van der Waals surface area contributed by atoms with Gasteiger partial charge in [-0.25, -0.2) is 0 Å². The molecule has 0 amide bonds. The number of benzene rings is 1. The predicted molar refractivity (Wildman–Crippen MR) is 81.8 cm³/mol. The maximum Gasteiger partial charge on any atom is 0.307 e. The van der Waals surface area contributed by atoms with Crippen molar-refractivity contribution in [1.29, 1.82) is 10.7 Å². The predicted octanol–water partition coefficient (Wildman–Crippen LogP) is 2.07. The Hall–Kier alpha value is -1.92. The van der Waals surface area contributed by atoms with Crippen molar-refractivity contribution in [1.82, 2.24) is 0 Å². The first kappa shape index (κ1) is 16.1. The lowest BCUT2D eigenvalue weighted by atomic mass is 10.1. The third-order valence-electron chi connectivity index (χ3n) is 2.10. The van der Waals surface area contributed by atoms with E-state index in [0.29, 0.717) is 20.2 Å². The standard InChI is InChI=1S/C11H9Br2N5O2/c12-6-1-5(3-9(19)20)2-7(13)10(6)18-17-8(4-14)11(15)16/h1-2,18H,3H2,(H3,15,16)(H,19,20)/b17-8+. The molecule has 1 aromatic carbocycles. The molecule has 1 aromatic rings. The van der Waals surface area contributed by atoms with Gasteiger partial charge in [0, 0.05) is 8.95 Å². The van der Waals surface area contributed by atoms with E-state index in [9.17, 15) is 4.79 Å². The van der Waals surface area contributed by atoms with Crippen LogP contribution in [0.4, 0.5) is 5.69 Å². The van der Waals surface area contributed by atoms with Crippen LogP contribution < -0.4 is 11.2 Å². The first-order valence-electron chi connectivity index (χ1n) is 5.13. The number of carboxylic acid groups (broad SMARTS) is 1. The van der Waals surface area contributed by atoms with Gasteiger partial charge in [-0.15, -0.1) is 0 Å². The van der Waals surface area contributed by atoms with Crippen LogP contribution in [-0.2, 0) is 11.2 Å². The van der Waals surface area contributed by atoms with Crippen LogP contribution in [-0.4, -0.2) is 22.6 Å². The molecule has 5 N–H and O–H groups in total. The van der Waals surface area contributed by atoms with E-state index in [-0.39, 0.29) is 12.1 Å². The summed E-state index contributed by atoms with van der Waals surface area (Å²) in [6, 6.07) is 4.92. The number of hydrogen-bond donors (Lipinski definition) is 4. The first-order valence-corrected chi connectivity index (χ1v) is 6.71. The topological polar surface area (TPSA) is 135 Å². The fourth-order valence-corrected chi connectivity index (χ4v) is 2.72. The normalized spacial score (nSPS) is 10.8. The van der Waals surface area contributed by atoms with E-state index < -0.39 is 11.8 Å². The van der Waals surface area contributed by atoms with E-state index in [1.165, 1.54) is 0 Å². The molecule has 0 saturated carbocycles. The highest BCUT2D eigenvalue weighted by Gasteiger charge is 2.10. The van der Waals surface area contributed by atoms with Gasteiger partial charge in [0.1, 0.15) is 6.07 Å². The molecule has 104 valence electrons. The van der Waals surface area contributed by atoms with Crippen molar-refractivity contribution < 1.29 is 9.90 Å². The van der Waals surface area contributed by atoms with Crippen LogP contribution in [0, 0.1) is 16.7 Å². The van der Waals surface area contributed by atoms with Gasteiger partial charge in [0.2, 0.25) is 5.71 Å². The molecule has 0 heterocycles. The van der Waals surface area contributed by atoms with Gasteiger partial charge in [0.15, 0.2) is 5.84 Å². The maximum absolute atomic E-state index is 10.7. The van der Waals surface area contributed by atoms with Crippen LogP contribution in [0.15, 0.2) is 26.2 Å². The minimum absolute atomic E-state index is 0.113. The van der Waals surface area contributed by atoms with E-state index in [1.807, 2.05) is 0 Å². The quantitative estimate of drug-likeness (QED) is 0.339. The molecule has 1 rings (SSSR count). The second-order valence-corrected chi connectivity index (χ2v) is 5.31. The summed E-state index contributed by atoms with van der Waals surface area (Å²) in [5.41, 5.74) is 8.60. The lowest BCUT2D eigenvalue weighted by Crippen LogP contribution is -2.22. The molecule has 20 heavy (non-hydrogen) atoms. The highest BCUT2D eigenvalue weighted by molar-refractivity contribution is 9.11. The van der Waals surface area contributed by atoms with Crippen molar-refractivity contribution in [3.8, 4) is 6.07 Å². The van der Waals surface area contributed by atoms with Gasteiger partial charge >= 0.3 is 5.97 Å². The summed E-state index contributed by atoms with van der Waals surface area (Å²) in [4.78, 5) is 10.7. The monoisotopic (exact) mass is 401 g/mol. The molecular weight excluding hydrogens is 394 g/mol. The number of nitrogens with two attached hydrogens (primary N) is 1. The number of anilines is 1. The Labute approximate surface area is 131 Å². The molecule has 7 nitrogen and oxygen atoms in total. The maximum atomic E-state index is 10.7. The average Bonchev–Trinajstić information content (AvgIpc) is 2.31. The lowest BCUT2D eigenvalue weighted by Gasteiger charge is -2.09. The summed E-state index contributed by atoms with van der Waals surface area (Å²) in [5.74, 6) is -1.39. The van der Waals surface area contributed by atoms with E-state index in [4.69, 9.17) is 21.5 Å². The van der Waals surface area contributed by atoms with Crippen LogP contribution in [0.1, 0.15) is 5.56 Å². The molecule has 0 atom stereocenters. The third kappa shape index (κ3) is 4.32. The zero-order valence-corrected chi connectivity index (χ0v) is 13.1. The average molecular weight is 403 g/mol. The molecule has 0 aliphatic heterocycles. The van der Waals surface area contributed by atoms with Crippen LogP contribution in [0.25, 0.3) is 0 Å². The van der Waals surface area contributed by atoms with Gasteiger partial charge in [0.25, 0.3) is 0 Å². The van der Waals surface area contributed by atoms with Crippen LogP contribution in [0.3, 0.4) is 0 Å². The lowest BCUT2D eigenvalue weighted by molar-refractivity contribution is -0.136. The van der Waals surface area contributed by atoms with Crippen molar-refractivity contribution in [2.75, 3.05) is 5.43 Å². The van der Waals surface area contributed by atoms with E-state index in [1.54, 1.807) is 18.2 Å². The fourth-order valence-electron chi connectivity index (χ4n) is 1.27. The Morgan fingerprint density at radius 3 is 2.45 bits per heavy atom. The summed E-state index contributed by atoms with van der Waals surface area (Å²) in [6.07, 6.45) is -0.113. The number of aliphatic carboxylic acids is 1. The highest BCUT2D eigenvalue weighted by atomic mass is 79.9. The fraction of sp³-hybridized carbons (Fsp3) is 0.0909. The molecule has 0 aromatic heterocycles. The summed E-state index contributed by atoms with van der Waals surface area (Å²) in [6.45, 7) is 0. The molecule has 0 fully saturated rings. The molecule has 0 radical (unpaired) electrons. The molecule has 0 unspecified atom stereocenters. The van der Waals surface area contributed by atoms with Crippen molar-refractivity contribution in [2.45, 2.75) is 6.42 Å². The Morgan fingerprint density at radius 1 is 1.50 bits per heavy atom. The number of carboxylic acids is 1. The van der Waals surface area contributed by atoms with Gasteiger partial charge in [-0.05, 0) is 49.6 Å². The Morgan fingerprint density at radius 2 is 2.05 bits per heavy atom. The third-order valence-corrected chi connectivity index (χ3v) is 3.35. The zero-order chi connectivity index (χ0) is 15.3. The molecule has 0 bridgehead atoms. The first-order chi connectivity index (χ1) is 9.35. The van der Waals surface area contributed by atoms with Crippen LogP contribution >= 0.6 is 31.9 Å². The molecule has 0 aliphatic carbocycles. The highest BCUT2D eigenvalue weighted by Crippen LogP contribution is 2.32. The van der Waals surface area contributed by atoms with Gasteiger partial charge in [0.05, 0.1) is 12.1 Å². The molecule has 0 spiro atoms. The van der Waals surface area contributed by atoms with Gasteiger partial charge < -0.3 is 10.8 Å². The van der Waals surface area contributed by atoms with Gasteiger partial charge in [-0.1, -0.05) is 0 Å². The number of halogens is 2. The van der Waals surface area contributed by atoms with Gasteiger partial charge in [-0.2, -0.15) is 10.4 Å². The summed E-state index contributed by atoms with van der Waals surface area (Å²) >= 11 is 6.55. The second kappa shape index (κ2) is 7.02. The molecule has 0 saturated heterocycles. The minimum atomic E-state index is -0.939. The van der Waals surface area contributed by atoms with Crippen molar-refractivity contribution >= 4 is 55.1 Å². The Bertz CT molecular complexity index is 613. The molecule has 9 heteroatoms. The van der Waals surface area contributed by atoms with Crippen molar-refractivity contribution in [2.24, 2.45) is 10.8 Å². The number of nitriles is 1. The van der Waals surface area contributed by atoms with Crippen molar-refractivity contribution in [3.05, 3.63) is 26.6 Å². The molecule has 0 aliphatic rings. The number of carbonyl (C=O) groups is 1. The molecular formula is C11H9Br2N5O2. The summed E-state index contributed by atoms with van der Waals surface area (Å²) < 4.78 is 1.13. The summed E-state index contributed by atoms with van der Waals surface area (Å²) in [7, 11) is 0. The smallest absolute Gasteiger partial charge is 0.307 e. The van der Waals surface area contributed by atoms with Crippen LogP contribution in [0.5, 0.6) is 0 Å². The Kier molecular flexibility index (Phi) is 5.66. The minimum Gasteiger partial charge on any atom is -0.481 e. The van der Waals surface area contributed by atoms with E-state index in [0.717, 1.165) is 0 Å². The van der Waals surface area contributed by atoms with E-state index in [2.05, 4.69) is 42.4 Å². The van der Waals surface area contributed by atoms with Crippen molar-refractivity contribution in [3.63, 3.8) is 0 Å². The van der Waals surface area contributed by atoms with Gasteiger partial charge in [-0.3, -0.25) is 15.6 Å². The number of rotatable bonds is 5. The number of amidine groups is 1. The Balaban J connectivity index is 3.06. The largest absolute Gasteiger partial charge is 0.481 e. The SMILES string of the molecule is N#C/C(=N\Nc1c(Br)cc(CC(=O)O)cc1Br)C(=N)N. The second-order valence-electron chi connectivity index (χ2n) is 3.60. The summed E-state index contributed by atoms with van der Waals surface area (Å²) in [5, 5.41) is 28.3. The zero-order valence-electron chi connectivity index (χ0n) is 9.94. The van der Waals surface area contributed by atoms with Crippen LogP contribution in [0.2, 0.25) is 0 Å². The number of nitrogens with one attached hydrogen (secondary N) is 2.